The summed E-state index contributed by atoms with van der Waals surface area (Å²) in [5.74, 6) is 1.73. The number of rotatable bonds is 1. The smallest absolute Gasteiger partial charge is 0.195 e. The Hall–Kier alpha value is -1.51. The number of likely N-dealkylation sites (tertiary alicyclic amines) is 1. The Morgan fingerprint density at radius 1 is 1.33 bits per heavy atom. The van der Waals surface area contributed by atoms with Crippen molar-refractivity contribution in [3.63, 3.8) is 0 Å². The largest absolute Gasteiger partial charge is 0.349 e. The first-order valence-electron chi connectivity index (χ1n) is 6.58. The lowest BCUT2D eigenvalue weighted by Gasteiger charge is -2.26. The fourth-order valence-electron chi connectivity index (χ4n) is 2.86. The normalized spacial score (nSPS) is 20.3. The molecule has 18 heavy (non-hydrogen) atoms. The van der Waals surface area contributed by atoms with Gasteiger partial charge in [-0.1, -0.05) is 24.3 Å². The summed E-state index contributed by atoms with van der Waals surface area (Å²) < 4.78 is 0. The fourth-order valence-corrected chi connectivity index (χ4v) is 2.86. The molecule has 1 aliphatic rings. The zero-order valence-corrected chi connectivity index (χ0v) is 11.8. The highest BCUT2D eigenvalue weighted by Crippen LogP contribution is 2.29. The van der Waals surface area contributed by atoms with Crippen LogP contribution in [-0.4, -0.2) is 50.0 Å². The van der Waals surface area contributed by atoms with E-state index in [4.69, 9.17) is 0 Å². The fraction of sp³-hybridized carbons (Fsp3) is 0.533. The van der Waals surface area contributed by atoms with Crippen LogP contribution in [0, 0.1) is 6.92 Å². The van der Waals surface area contributed by atoms with E-state index >= 15 is 0 Å². The van der Waals surface area contributed by atoms with Gasteiger partial charge in [-0.3, -0.25) is 4.99 Å². The Kier molecular flexibility index (Phi) is 3.90. The molecule has 0 amide bonds. The highest BCUT2D eigenvalue weighted by Gasteiger charge is 2.27. The molecular formula is C15H23N3. The maximum atomic E-state index is 4.39. The Bertz CT molecular complexity index is 437. The van der Waals surface area contributed by atoms with Crippen molar-refractivity contribution in [3.05, 3.63) is 35.4 Å². The van der Waals surface area contributed by atoms with Gasteiger partial charge in [0.2, 0.25) is 0 Å². The number of nitrogens with zero attached hydrogens (tertiary/aromatic N) is 3. The minimum atomic E-state index is 0.642. The van der Waals surface area contributed by atoms with E-state index in [9.17, 15) is 0 Å². The second kappa shape index (κ2) is 5.42. The predicted molar refractivity (Wildman–Crippen MR) is 77.2 cm³/mol. The maximum Gasteiger partial charge on any atom is 0.195 e. The van der Waals surface area contributed by atoms with Crippen LogP contribution in [0.5, 0.6) is 0 Å². The molecule has 1 atom stereocenters. The average molecular weight is 245 g/mol. The van der Waals surface area contributed by atoms with Crippen molar-refractivity contribution < 1.29 is 0 Å². The average Bonchev–Trinajstić information content (AvgIpc) is 2.79. The van der Waals surface area contributed by atoms with Crippen molar-refractivity contribution in [3.8, 4) is 0 Å². The molecule has 1 aromatic rings. The molecule has 0 aliphatic carbocycles. The monoisotopic (exact) mass is 245 g/mol. The first kappa shape index (κ1) is 12.9. The quantitative estimate of drug-likeness (QED) is 0.558. The summed E-state index contributed by atoms with van der Waals surface area (Å²) in [5, 5.41) is 0. The SMILES string of the molecule is CN=C(N(C)C)N1CCC(c2ccccc2C)C1. The summed E-state index contributed by atoms with van der Waals surface area (Å²) >= 11 is 0. The van der Waals surface area contributed by atoms with E-state index in [-0.39, 0.29) is 0 Å². The zero-order chi connectivity index (χ0) is 13.1. The molecule has 1 fully saturated rings. The van der Waals surface area contributed by atoms with Gasteiger partial charge >= 0.3 is 0 Å². The second-order valence-corrected chi connectivity index (χ2v) is 5.21. The number of aryl methyl sites for hydroxylation is 1. The summed E-state index contributed by atoms with van der Waals surface area (Å²) in [4.78, 5) is 8.87. The van der Waals surface area contributed by atoms with Crippen LogP contribution in [0.3, 0.4) is 0 Å². The third kappa shape index (κ3) is 2.50. The summed E-state index contributed by atoms with van der Waals surface area (Å²) in [6.07, 6.45) is 1.22. The lowest BCUT2D eigenvalue weighted by molar-refractivity contribution is 0.425. The third-order valence-electron chi connectivity index (χ3n) is 3.70. The van der Waals surface area contributed by atoms with Gasteiger partial charge in [0.1, 0.15) is 0 Å². The van der Waals surface area contributed by atoms with Crippen LogP contribution in [0.4, 0.5) is 0 Å². The number of aliphatic imine (C=N–C) groups is 1. The van der Waals surface area contributed by atoms with Gasteiger partial charge in [0.05, 0.1) is 0 Å². The van der Waals surface area contributed by atoms with E-state index in [1.807, 2.05) is 7.05 Å². The summed E-state index contributed by atoms with van der Waals surface area (Å²) in [6, 6.07) is 8.73. The van der Waals surface area contributed by atoms with Gasteiger partial charge in [0.15, 0.2) is 5.96 Å². The van der Waals surface area contributed by atoms with Gasteiger partial charge in [-0.15, -0.1) is 0 Å². The Morgan fingerprint density at radius 2 is 2.06 bits per heavy atom. The molecule has 1 aliphatic heterocycles. The minimum Gasteiger partial charge on any atom is -0.349 e. The molecule has 2 rings (SSSR count). The zero-order valence-electron chi connectivity index (χ0n) is 11.8. The van der Waals surface area contributed by atoms with Crippen molar-refractivity contribution in [2.75, 3.05) is 34.2 Å². The molecule has 98 valence electrons. The molecule has 0 radical (unpaired) electrons. The van der Waals surface area contributed by atoms with Crippen LogP contribution in [0.15, 0.2) is 29.3 Å². The van der Waals surface area contributed by atoms with Crippen LogP contribution in [0.1, 0.15) is 23.5 Å². The molecule has 1 heterocycles. The van der Waals surface area contributed by atoms with Gasteiger partial charge in [0.25, 0.3) is 0 Å². The first-order chi connectivity index (χ1) is 8.63. The molecule has 3 heteroatoms. The maximum absolute atomic E-state index is 4.39. The minimum absolute atomic E-state index is 0.642. The molecule has 0 saturated carbocycles. The van der Waals surface area contributed by atoms with E-state index in [0.717, 1.165) is 19.0 Å². The topological polar surface area (TPSA) is 18.8 Å². The van der Waals surface area contributed by atoms with Gasteiger partial charge in [-0.25, -0.2) is 0 Å². The first-order valence-corrected chi connectivity index (χ1v) is 6.58. The molecule has 1 aromatic carbocycles. The number of hydrogen-bond donors (Lipinski definition) is 0. The highest BCUT2D eigenvalue weighted by atomic mass is 15.4. The Morgan fingerprint density at radius 3 is 2.67 bits per heavy atom. The van der Waals surface area contributed by atoms with Crippen molar-refractivity contribution in [1.29, 1.82) is 0 Å². The number of benzene rings is 1. The third-order valence-corrected chi connectivity index (χ3v) is 3.70. The summed E-state index contributed by atoms with van der Waals surface area (Å²) in [7, 11) is 5.99. The molecule has 0 aromatic heterocycles. The van der Waals surface area contributed by atoms with Crippen molar-refractivity contribution in [2.45, 2.75) is 19.3 Å². The van der Waals surface area contributed by atoms with E-state index < -0.39 is 0 Å². The molecule has 3 nitrogen and oxygen atoms in total. The van der Waals surface area contributed by atoms with Crippen LogP contribution >= 0.6 is 0 Å². The standard InChI is InChI=1S/C15H23N3/c1-12-7-5-6-8-14(12)13-9-10-18(11-13)15(16-2)17(3)4/h5-8,13H,9-11H2,1-4H3. The molecule has 0 spiro atoms. The van der Waals surface area contributed by atoms with Crippen molar-refractivity contribution in [1.82, 2.24) is 9.80 Å². The Balaban J connectivity index is 2.12. The molecule has 1 saturated heterocycles. The second-order valence-electron chi connectivity index (χ2n) is 5.21. The van der Waals surface area contributed by atoms with E-state index in [2.05, 4.69) is 60.1 Å². The van der Waals surface area contributed by atoms with E-state index in [1.165, 1.54) is 17.5 Å². The van der Waals surface area contributed by atoms with Crippen LogP contribution < -0.4 is 0 Å². The van der Waals surface area contributed by atoms with E-state index in [1.54, 1.807) is 0 Å². The molecule has 1 unspecified atom stereocenters. The number of guanidine groups is 1. The van der Waals surface area contributed by atoms with Gasteiger partial charge in [0, 0.05) is 40.2 Å². The molecule has 0 bridgehead atoms. The van der Waals surface area contributed by atoms with Gasteiger partial charge in [-0.2, -0.15) is 0 Å². The van der Waals surface area contributed by atoms with Crippen molar-refractivity contribution >= 4 is 5.96 Å². The highest BCUT2D eigenvalue weighted by molar-refractivity contribution is 5.79. The predicted octanol–water partition coefficient (Wildman–Crippen LogP) is 2.33. The number of hydrogen-bond acceptors (Lipinski definition) is 1. The van der Waals surface area contributed by atoms with E-state index in [0.29, 0.717) is 5.92 Å². The van der Waals surface area contributed by atoms with Crippen LogP contribution in [0.2, 0.25) is 0 Å². The summed E-state index contributed by atoms with van der Waals surface area (Å²) in [6.45, 7) is 4.39. The summed E-state index contributed by atoms with van der Waals surface area (Å²) in [5.41, 5.74) is 2.90. The van der Waals surface area contributed by atoms with Crippen molar-refractivity contribution in [2.24, 2.45) is 4.99 Å². The Labute approximate surface area is 110 Å². The van der Waals surface area contributed by atoms with Crippen LogP contribution in [-0.2, 0) is 0 Å². The molecular weight excluding hydrogens is 222 g/mol. The lowest BCUT2D eigenvalue weighted by Crippen LogP contribution is -2.39. The van der Waals surface area contributed by atoms with Gasteiger partial charge < -0.3 is 9.80 Å². The van der Waals surface area contributed by atoms with Gasteiger partial charge in [-0.05, 0) is 24.5 Å². The van der Waals surface area contributed by atoms with Crippen LogP contribution in [0.25, 0.3) is 0 Å². The lowest BCUT2D eigenvalue weighted by atomic mass is 9.94. The molecule has 0 N–H and O–H groups in total.